The molecule has 1 heterocycles. The molecule has 1 aromatic heterocycles. The number of nitrogens with zero attached hydrogens (tertiary/aromatic N) is 1. The normalized spacial score (nSPS) is 12.2. The molecule has 10 rings (SSSR count). The van der Waals surface area contributed by atoms with Gasteiger partial charge in [-0.3, -0.25) is 0 Å². The van der Waals surface area contributed by atoms with Crippen molar-refractivity contribution in [3.8, 4) is 27.9 Å². The lowest BCUT2D eigenvalue weighted by atomic mass is 9.83. The third-order valence-electron chi connectivity index (χ3n) is 10.7. The van der Waals surface area contributed by atoms with Gasteiger partial charge >= 0.3 is 0 Å². The molecule has 0 bridgehead atoms. The maximum atomic E-state index is 2.46. The van der Waals surface area contributed by atoms with Crippen LogP contribution in [0.25, 0.3) is 71.3 Å². The van der Waals surface area contributed by atoms with Gasteiger partial charge in [0.05, 0.1) is 11.0 Å². The summed E-state index contributed by atoms with van der Waals surface area (Å²) < 4.78 is 2.42. The zero-order chi connectivity index (χ0) is 34.4. The molecule has 0 N–H and O–H groups in total. The number of benzene rings is 9. The van der Waals surface area contributed by atoms with Crippen molar-refractivity contribution >= 4 is 43.4 Å². The predicted octanol–water partition coefficient (Wildman–Crippen LogP) is 13.6. The molecule has 0 saturated heterocycles. The third-order valence-corrected chi connectivity index (χ3v) is 10.7. The van der Waals surface area contributed by atoms with Crippen LogP contribution in [-0.4, -0.2) is 4.57 Å². The molecule has 0 aliphatic rings. The van der Waals surface area contributed by atoms with E-state index in [1.54, 1.807) is 0 Å². The molecule has 52 heavy (non-hydrogen) atoms. The first-order valence-corrected chi connectivity index (χ1v) is 18.0. The summed E-state index contributed by atoms with van der Waals surface area (Å²) in [6, 6.07) is 75.6. The summed E-state index contributed by atoms with van der Waals surface area (Å²) in [4.78, 5) is 0. The highest BCUT2D eigenvalue weighted by Gasteiger charge is 2.21. The van der Waals surface area contributed by atoms with E-state index < -0.39 is 0 Å². The number of aromatic nitrogens is 1. The van der Waals surface area contributed by atoms with Gasteiger partial charge in [0.15, 0.2) is 0 Å². The van der Waals surface area contributed by atoms with Crippen molar-refractivity contribution in [1.29, 1.82) is 0 Å². The van der Waals surface area contributed by atoms with Crippen molar-refractivity contribution in [3.05, 3.63) is 223 Å². The second kappa shape index (κ2) is 12.6. The van der Waals surface area contributed by atoms with Gasteiger partial charge in [0, 0.05) is 22.4 Å². The van der Waals surface area contributed by atoms with Crippen molar-refractivity contribution in [3.63, 3.8) is 0 Å². The smallest absolute Gasteiger partial charge is 0.0547 e. The number of hydrogen-bond acceptors (Lipinski definition) is 0. The molecular formula is C51H35N. The Morgan fingerprint density at radius 3 is 1.71 bits per heavy atom. The van der Waals surface area contributed by atoms with Crippen LogP contribution < -0.4 is 0 Å². The first-order chi connectivity index (χ1) is 25.8. The van der Waals surface area contributed by atoms with Crippen molar-refractivity contribution in [2.24, 2.45) is 0 Å². The van der Waals surface area contributed by atoms with Crippen LogP contribution in [-0.2, 0) is 0 Å². The minimum atomic E-state index is 0.0313. The predicted molar refractivity (Wildman–Crippen MR) is 220 cm³/mol. The second-order valence-electron chi connectivity index (χ2n) is 13.7. The SMILES string of the molecule is c1ccc(-c2cccc(C(c3ccc(-c4ccc5ccccc5c4)cc3)c3ccc4c(c3)c3c5ccccc5ccc3n4-c3ccccc3)c2)cc1. The van der Waals surface area contributed by atoms with Gasteiger partial charge < -0.3 is 4.57 Å². The Kier molecular flexibility index (Phi) is 7.29. The topological polar surface area (TPSA) is 4.93 Å². The maximum Gasteiger partial charge on any atom is 0.0547 e. The standard InChI is InChI=1S/C51H35N/c1-3-12-35(13-4-1)41-17-11-18-43(33-41)50(39-25-22-37(23-26-39)42-27-24-36-14-7-8-16-40(36)32-42)44-29-30-48-47(34-44)51-46-21-10-9-15-38(46)28-31-49(51)52(48)45-19-5-2-6-20-45/h1-34,50H. The fourth-order valence-electron chi connectivity index (χ4n) is 8.19. The molecule has 1 atom stereocenters. The molecular weight excluding hydrogens is 627 g/mol. The largest absolute Gasteiger partial charge is 0.309 e. The van der Waals surface area contributed by atoms with Gasteiger partial charge in [-0.2, -0.15) is 0 Å². The van der Waals surface area contributed by atoms with Gasteiger partial charge in [0.2, 0.25) is 0 Å². The van der Waals surface area contributed by atoms with Crippen molar-refractivity contribution < 1.29 is 0 Å². The molecule has 0 amide bonds. The Labute approximate surface area is 303 Å². The van der Waals surface area contributed by atoms with Crippen molar-refractivity contribution in [1.82, 2.24) is 4.57 Å². The fraction of sp³-hybridized carbons (Fsp3) is 0.0196. The lowest BCUT2D eigenvalue weighted by Crippen LogP contribution is -2.04. The fourth-order valence-corrected chi connectivity index (χ4v) is 8.19. The molecule has 0 radical (unpaired) electrons. The number of para-hydroxylation sites is 1. The van der Waals surface area contributed by atoms with Crippen LogP contribution in [0.4, 0.5) is 0 Å². The lowest BCUT2D eigenvalue weighted by molar-refractivity contribution is 0.980. The van der Waals surface area contributed by atoms with E-state index in [9.17, 15) is 0 Å². The minimum Gasteiger partial charge on any atom is -0.309 e. The van der Waals surface area contributed by atoms with E-state index in [-0.39, 0.29) is 5.92 Å². The number of hydrogen-bond donors (Lipinski definition) is 0. The number of rotatable bonds is 6. The molecule has 0 fully saturated rings. The van der Waals surface area contributed by atoms with Crippen LogP contribution in [0.3, 0.4) is 0 Å². The highest BCUT2D eigenvalue weighted by molar-refractivity contribution is 6.21. The van der Waals surface area contributed by atoms with Crippen LogP contribution in [0.15, 0.2) is 206 Å². The minimum absolute atomic E-state index is 0.0313. The first kappa shape index (κ1) is 30.2. The Morgan fingerprint density at radius 1 is 0.308 bits per heavy atom. The van der Waals surface area contributed by atoms with Gasteiger partial charge in [0.1, 0.15) is 0 Å². The van der Waals surface area contributed by atoms with Gasteiger partial charge in [-0.15, -0.1) is 0 Å². The Morgan fingerprint density at radius 2 is 0.885 bits per heavy atom. The van der Waals surface area contributed by atoms with E-state index in [0.717, 1.165) is 0 Å². The maximum absolute atomic E-state index is 2.46. The van der Waals surface area contributed by atoms with Crippen LogP contribution >= 0.6 is 0 Å². The molecule has 9 aromatic carbocycles. The highest BCUT2D eigenvalue weighted by atomic mass is 15.0. The van der Waals surface area contributed by atoms with Crippen LogP contribution in [0.5, 0.6) is 0 Å². The molecule has 1 heteroatoms. The molecule has 1 unspecified atom stereocenters. The monoisotopic (exact) mass is 661 g/mol. The van der Waals surface area contributed by atoms with Gasteiger partial charge in [-0.1, -0.05) is 170 Å². The molecule has 1 nitrogen and oxygen atoms in total. The summed E-state index contributed by atoms with van der Waals surface area (Å²) in [5.74, 6) is 0.0313. The average molecular weight is 662 g/mol. The molecule has 0 aliphatic heterocycles. The van der Waals surface area contributed by atoms with Crippen LogP contribution in [0, 0.1) is 0 Å². The van der Waals surface area contributed by atoms with Crippen LogP contribution in [0.1, 0.15) is 22.6 Å². The van der Waals surface area contributed by atoms with Crippen LogP contribution in [0.2, 0.25) is 0 Å². The van der Waals surface area contributed by atoms with Crippen molar-refractivity contribution in [2.75, 3.05) is 0 Å². The van der Waals surface area contributed by atoms with Gasteiger partial charge in [-0.05, 0) is 96.9 Å². The van der Waals surface area contributed by atoms with E-state index in [1.165, 1.54) is 88.0 Å². The zero-order valence-electron chi connectivity index (χ0n) is 28.7. The third kappa shape index (κ3) is 5.18. The summed E-state index contributed by atoms with van der Waals surface area (Å²) in [5, 5.41) is 7.61. The Balaban J connectivity index is 1.18. The zero-order valence-corrected chi connectivity index (χ0v) is 28.7. The summed E-state index contributed by atoms with van der Waals surface area (Å²) in [5.41, 5.74) is 12.3. The highest BCUT2D eigenvalue weighted by Crippen LogP contribution is 2.41. The van der Waals surface area contributed by atoms with E-state index in [2.05, 4.69) is 211 Å². The summed E-state index contributed by atoms with van der Waals surface area (Å²) >= 11 is 0. The Hall–Kier alpha value is -6.70. The van der Waals surface area contributed by atoms with Crippen molar-refractivity contribution in [2.45, 2.75) is 5.92 Å². The number of fused-ring (bicyclic) bond motifs is 6. The lowest BCUT2D eigenvalue weighted by Gasteiger charge is -2.21. The Bertz CT molecular complexity index is 2880. The van der Waals surface area contributed by atoms with Gasteiger partial charge in [0.25, 0.3) is 0 Å². The quantitative estimate of drug-likeness (QED) is 0.156. The van der Waals surface area contributed by atoms with E-state index in [4.69, 9.17) is 0 Å². The second-order valence-corrected chi connectivity index (χ2v) is 13.7. The summed E-state index contributed by atoms with van der Waals surface area (Å²) in [6.07, 6.45) is 0. The molecule has 0 spiro atoms. The molecule has 0 aliphatic carbocycles. The average Bonchev–Trinajstić information content (AvgIpc) is 3.56. The first-order valence-electron chi connectivity index (χ1n) is 18.0. The molecule has 0 saturated carbocycles. The molecule has 10 aromatic rings. The van der Waals surface area contributed by atoms with E-state index >= 15 is 0 Å². The van der Waals surface area contributed by atoms with E-state index in [0.29, 0.717) is 0 Å². The van der Waals surface area contributed by atoms with E-state index in [1.807, 2.05) is 0 Å². The summed E-state index contributed by atoms with van der Waals surface area (Å²) in [7, 11) is 0. The molecule has 244 valence electrons. The summed E-state index contributed by atoms with van der Waals surface area (Å²) in [6.45, 7) is 0. The van der Waals surface area contributed by atoms with Gasteiger partial charge in [-0.25, -0.2) is 0 Å².